The molecule has 1 aliphatic heterocycles. The maximum atomic E-state index is 5.66. The molecule has 2 aliphatic rings. The third kappa shape index (κ3) is 4.04. The molecule has 0 aromatic rings. The fourth-order valence-electron chi connectivity index (χ4n) is 2.52. The van der Waals surface area contributed by atoms with Crippen LogP contribution < -0.4 is 5.32 Å². The number of nitrogens with one attached hydrogen (secondary N) is 1. The number of rotatable bonds is 7. The Kier molecular flexibility index (Phi) is 4.22. The van der Waals surface area contributed by atoms with Crippen molar-refractivity contribution in [3.8, 4) is 0 Å². The van der Waals surface area contributed by atoms with E-state index in [1.54, 1.807) is 0 Å². The third-order valence-corrected chi connectivity index (χ3v) is 3.74. The molecule has 1 N–H and O–H groups in total. The van der Waals surface area contributed by atoms with Gasteiger partial charge >= 0.3 is 0 Å². The number of nitrogens with zero attached hydrogens (tertiary/aromatic N) is 1. The Balaban J connectivity index is 1.54. The van der Waals surface area contributed by atoms with Gasteiger partial charge < -0.3 is 15.0 Å². The van der Waals surface area contributed by atoms with Gasteiger partial charge in [0.15, 0.2) is 0 Å². The summed E-state index contributed by atoms with van der Waals surface area (Å²) in [6, 6.07) is 0. The summed E-state index contributed by atoms with van der Waals surface area (Å²) in [7, 11) is 2.20. The zero-order valence-electron chi connectivity index (χ0n) is 10.8. The molecule has 1 aliphatic carbocycles. The molecule has 16 heavy (non-hydrogen) atoms. The molecule has 2 fully saturated rings. The van der Waals surface area contributed by atoms with E-state index in [0.29, 0.717) is 5.54 Å². The van der Waals surface area contributed by atoms with E-state index >= 15 is 0 Å². The summed E-state index contributed by atoms with van der Waals surface area (Å²) in [5, 5.41) is 3.60. The lowest BCUT2D eigenvalue weighted by atomic mass is 10.00. The molecule has 0 amide bonds. The molecule has 3 heteroatoms. The van der Waals surface area contributed by atoms with E-state index in [-0.39, 0.29) is 0 Å². The van der Waals surface area contributed by atoms with E-state index in [2.05, 4.69) is 24.2 Å². The summed E-state index contributed by atoms with van der Waals surface area (Å²) in [4.78, 5) is 2.39. The molecule has 0 aromatic heterocycles. The second kappa shape index (κ2) is 5.48. The minimum absolute atomic E-state index is 0.339. The predicted molar refractivity (Wildman–Crippen MR) is 66.7 cm³/mol. The molecular formula is C13H26N2O. The summed E-state index contributed by atoms with van der Waals surface area (Å²) in [5.74, 6) is 0.888. The highest BCUT2D eigenvalue weighted by atomic mass is 16.5. The maximum Gasteiger partial charge on any atom is 0.0593 e. The fourth-order valence-corrected chi connectivity index (χ4v) is 2.52. The minimum Gasteiger partial charge on any atom is -0.380 e. The van der Waals surface area contributed by atoms with E-state index in [9.17, 15) is 0 Å². The third-order valence-electron chi connectivity index (χ3n) is 3.74. The van der Waals surface area contributed by atoms with Crippen molar-refractivity contribution in [2.75, 3.05) is 39.9 Å². The van der Waals surface area contributed by atoms with Gasteiger partial charge in [-0.1, -0.05) is 0 Å². The van der Waals surface area contributed by atoms with E-state index in [0.717, 1.165) is 32.2 Å². The average molecular weight is 226 g/mol. The summed E-state index contributed by atoms with van der Waals surface area (Å²) >= 11 is 0. The first kappa shape index (κ1) is 12.3. The van der Waals surface area contributed by atoms with E-state index < -0.39 is 0 Å². The number of likely N-dealkylation sites (N-methyl/N-ethyl adjacent to an activating group) is 1. The van der Waals surface area contributed by atoms with Crippen LogP contribution in [-0.2, 0) is 4.74 Å². The lowest BCUT2D eigenvalue weighted by Gasteiger charge is -2.30. The second-order valence-electron chi connectivity index (χ2n) is 5.85. The minimum atomic E-state index is 0.339. The first-order chi connectivity index (χ1) is 7.68. The van der Waals surface area contributed by atoms with Gasteiger partial charge in [0.2, 0.25) is 0 Å². The predicted octanol–water partition coefficient (Wildman–Crippen LogP) is 1.49. The Morgan fingerprint density at radius 2 is 2.25 bits per heavy atom. The van der Waals surface area contributed by atoms with Crippen molar-refractivity contribution >= 4 is 0 Å². The van der Waals surface area contributed by atoms with Crippen molar-refractivity contribution in [3.05, 3.63) is 0 Å². The molecule has 94 valence electrons. The zero-order valence-corrected chi connectivity index (χ0v) is 10.8. The first-order valence-corrected chi connectivity index (χ1v) is 6.69. The van der Waals surface area contributed by atoms with Crippen molar-refractivity contribution < 1.29 is 4.74 Å². The van der Waals surface area contributed by atoms with Crippen LogP contribution >= 0.6 is 0 Å². The monoisotopic (exact) mass is 226 g/mol. The Morgan fingerprint density at radius 3 is 2.88 bits per heavy atom. The lowest BCUT2D eigenvalue weighted by Crippen LogP contribution is -2.47. The van der Waals surface area contributed by atoms with Gasteiger partial charge in [-0.2, -0.15) is 0 Å². The van der Waals surface area contributed by atoms with Crippen LogP contribution in [0.5, 0.6) is 0 Å². The smallest absolute Gasteiger partial charge is 0.0593 e. The first-order valence-electron chi connectivity index (χ1n) is 6.69. The summed E-state index contributed by atoms with van der Waals surface area (Å²) in [6.45, 7) is 7.60. The van der Waals surface area contributed by atoms with Gasteiger partial charge in [-0.05, 0) is 52.1 Å². The molecule has 1 unspecified atom stereocenters. The molecule has 0 spiro atoms. The van der Waals surface area contributed by atoms with Crippen molar-refractivity contribution in [2.24, 2.45) is 5.92 Å². The van der Waals surface area contributed by atoms with E-state index in [4.69, 9.17) is 4.74 Å². The highest BCUT2D eigenvalue weighted by molar-refractivity contribution is 4.90. The SMILES string of the molecule is CN(CCOCC1CC1)CC1(C)CCCN1. The van der Waals surface area contributed by atoms with Crippen molar-refractivity contribution in [1.29, 1.82) is 0 Å². The van der Waals surface area contributed by atoms with Gasteiger partial charge in [0, 0.05) is 25.2 Å². The Hall–Kier alpha value is -0.120. The topological polar surface area (TPSA) is 24.5 Å². The van der Waals surface area contributed by atoms with Gasteiger partial charge in [0.1, 0.15) is 0 Å². The highest BCUT2D eigenvalue weighted by Gasteiger charge is 2.29. The van der Waals surface area contributed by atoms with E-state index in [1.807, 2.05) is 0 Å². The molecule has 0 bridgehead atoms. The maximum absolute atomic E-state index is 5.66. The van der Waals surface area contributed by atoms with Crippen LogP contribution in [0.2, 0.25) is 0 Å². The second-order valence-corrected chi connectivity index (χ2v) is 5.85. The normalized spacial score (nSPS) is 30.2. The van der Waals surface area contributed by atoms with Crippen LogP contribution in [0.15, 0.2) is 0 Å². The standard InChI is InChI=1S/C13H26N2O/c1-13(6-3-7-14-13)11-15(2)8-9-16-10-12-4-5-12/h12,14H,3-11H2,1-2H3. The van der Waals surface area contributed by atoms with Crippen molar-refractivity contribution in [3.63, 3.8) is 0 Å². The molecule has 3 nitrogen and oxygen atoms in total. The summed E-state index contributed by atoms with van der Waals surface area (Å²) < 4.78 is 5.66. The van der Waals surface area contributed by atoms with Gasteiger partial charge in [-0.25, -0.2) is 0 Å². The van der Waals surface area contributed by atoms with Crippen LogP contribution in [0.4, 0.5) is 0 Å². The van der Waals surface area contributed by atoms with Crippen LogP contribution in [0.1, 0.15) is 32.6 Å². The Bertz CT molecular complexity index is 210. The van der Waals surface area contributed by atoms with E-state index in [1.165, 1.54) is 32.2 Å². The molecule has 1 saturated carbocycles. The quantitative estimate of drug-likeness (QED) is 0.666. The highest BCUT2D eigenvalue weighted by Crippen LogP contribution is 2.28. The molecular weight excluding hydrogens is 200 g/mol. The number of hydrogen-bond acceptors (Lipinski definition) is 3. The van der Waals surface area contributed by atoms with Crippen LogP contribution in [-0.4, -0.2) is 50.3 Å². The van der Waals surface area contributed by atoms with Crippen molar-refractivity contribution in [2.45, 2.75) is 38.1 Å². The van der Waals surface area contributed by atoms with Crippen molar-refractivity contribution in [1.82, 2.24) is 10.2 Å². The molecule has 1 atom stereocenters. The molecule has 1 saturated heterocycles. The summed E-state index contributed by atoms with van der Waals surface area (Å²) in [6.07, 6.45) is 5.40. The molecule has 0 aromatic carbocycles. The van der Waals surface area contributed by atoms with Gasteiger partial charge in [-0.15, -0.1) is 0 Å². The van der Waals surface area contributed by atoms with Gasteiger partial charge in [-0.3, -0.25) is 0 Å². The lowest BCUT2D eigenvalue weighted by molar-refractivity contribution is 0.0964. The van der Waals surface area contributed by atoms with Crippen LogP contribution in [0.25, 0.3) is 0 Å². The average Bonchev–Trinajstić information content (AvgIpc) is 2.96. The number of ether oxygens (including phenoxy) is 1. The Morgan fingerprint density at radius 1 is 1.44 bits per heavy atom. The summed E-state index contributed by atoms with van der Waals surface area (Å²) in [5.41, 5.74) is 0.339. The van der Waals surface area contributed by atoms with Crippen LogP contribution in [0, 0.1) is 5.92 Å². The molecule has 2 rings (SSSR count). The fraction of sp³-hybridized carbons (Fsp3) is 1.00. The zero-order chi connectivity index (χ0) is 11.4. The van der Waals surface area contributed by atoms with Gasteiger partial charge in [0.25, 0.3) is 0 Å². The molecule has 1 heterocycles. The number of hydrogen-bond donors (Lipinski definition) is 1. The molecule has 0 radical (unpaired) electrons. The Labute approximate surface area is 99.5 Å². The van der Waals surface area contributed by atoms with Gasteiger partial charge in [0.05, 0.1) is 6.61 Å². The van der Waals surface area contributed by atoms with Crippen LogP contribution in [0.3, 0.4) is 0 Å². The largest absolute Gasteiger partial charge is 0.380 e.